The van der Waals surface area contributed by atoms with E-state index in [0.29, 0.717) is 21.6 Å². The van der Waals surface area contributed by atoms with Crippen LogP contribution in [-0.2, 0) is 16.0 Å². The Morgan fingerprint density at radius 3 is 2.91 bits per heavy atom. The maximum atomic E-state index is 11.8. The summed E-state index contributed by atoms with van der Waals surface area (Å²) in [5.41, 5.74) is 6.56. The molecule has 1 heterocycles. The summed E-state index contributed by atoms with van der Waals surface area (Å²) in [5, 5.41) is 4.43. The number of hydrogen-bond donors (Lipinski definition) is 2. The highest BCUT2D eigenvalue weighted by molar-refractivity contribution is 7.15. The molecular weight excluding hydrogens is 381 g/mol. The molecule has 1 aromatic carbocycles. The number of anilines is 1. The first-order valence-electron chi connectivity index (χ1n) is 6.43. The van der Waals surface area contributed by atoms with Gasteiger partial charge in [0.1, 0.15) is 6.04 Å². The molecule has 0 saturated carbocycles. The lowest BCUT2D eigenvalue weighted by molar-refractivity contribution is -0.118. The van der Waals surface area contributed by atoms with E-state index in [9.17, 15) is 4.79 Å². The molecule has 126 valence electrons. The molecule has 1 atom stereocenters. The number of ether oxygens (including phenoxy) is 1. The summed E-state index contributed by atoms with van der Waals surface area (Å²) in [7, 11) is 1.49. The smallest absolute Gasteiger partial charge is 0.245 e. The highest BCUT2D eigenvalue weighted by atomic mass is 35.5. The molecule has 0 aliphatic carbocycles. The van der Waals surface area contributed by atoms with E-state index in [-0.39, 0.29) is 24.9 Å². The van der Waals surface area contributed by atoms with Crippen LogP contribution in [0.25, 0.3) is 0 Å². The summed E-state index contributed by atoms with van der Waals surface area (Å²) in [4.78, 5) is 16.9. The van der Waals surface area contributed by atoms with Gasteiger partial charge in [0, 0.05) is 34.6 Å². The van der Waals surface area contributed by atoms with Crippen LogP contribution in [0, 0.1) is 0 Å². The van der Waals surface area contributed by atoms with E-state index >= 15 is 0 Å². The van der Waals surface area contributed by atoms with Crippen molar-refractivity contribution in [2.24, 2.45) is 5.73 Å². The predicted octanol–water partition coefficient (Wildman–Crippen LogP) is 3.37. The Morgan fingerprint density at radius 1 is 1.48 bits per heavy atom. The molecule has 23 heavy (non-hydrogen) atoms. The second-order valence-electron chi connectivity index (χ2n) is 4.60. The lowest BCUT2D eigenvalue weighted by Gasteiger charge is -2.08. The van der Waals surface area contributed by atoms with Crippen LogP contribution in [0.4, 0.5) is 5.13 Å². The molecule has 3 N–H and O–H groups in total. The summed E-state index contributed by atoms with van der Waals surface area (Å²) in [5.74, 6) is -0.330. The average Bonchev–Trinajstić information content (AvgIpc) is 2.90. The molecule has 0 fully saturated rings. The minimum absolute atomic E-state index is 0. The molecule has 0 saturated heterocycles. The number of carbonyl (C=O) groups is 1. The Bertz CT molecular complexity index is 666. The van der Waals surface area contributed by atoms with Gasteiger partial charge in [-0.25, -0.2) is 4.98 Å². The van der Waals surface area contributed by atoms with E-state index in [1.54, 1.807) is 18.3 Å². The van der Waals surface area contributed by atoms with E-state index in [1.807, 2.05) is 6.07 Å². The maximum Gasteiger partial charge on any atom is 0.245 e. The molecule has 0 aliphatic rings. The van der Waals surface area contributed by atoms with Gasteiger partial charge < -0.3 is 15.8 Å². The van der Waals surface area contributed by atoms with Gasteiger partial charge in [0.25, 0.3) is 0 Å². The van der Waals surface area contributed by atoms with Crippen LogP contribution in [0.5, 0.6) is 0 Å². The third-order valence-corrected chi connectivity index (χ3v) is 4.36. The largest absolute Gasteiger partial charge is 0.383 e. The molecule has 1 amide bonds. The van der Waals surface area contributed by atoms with Gasteiger partial charge in [-0.3, -0.25) is 4.79 Å². The minimum atomic E-state index is -0.722. The number of benzene rings is 1. The number of carbonyl (C=O) groups excluding carboxylic acids is 1. The molecule has 0 aliphatic heterocycles. The second-order valence-corrected chi connectivity index (χ2v) is 6.55. The highest BCUT2D eigenvalue weighted by Gasteiger charge is 2.15. The van der Waals surface area contributed by atoms with Gasteiger partial charge in [0.15, 0.2) is 5.13 Å². The lowest BCUT2D eigenvalue weighted by Crippen LogP contribution is -2.39. The van der Waals surface area contributed by atoms with E-state index in [4.69, 9.17) is 33.7 Å². The Morgan fingerprint density at radius 2 is 2.22 bits per heavy atom. The van der Waals surface area contributed by atoms with Gasteiger partial charge in [-0.15, -0.1) is 23.7 Å². The standard InChI is InChI=1S/C14H15Cl2N3O2S.ClH/c1-21-7-12(17)13(20)19-14-18-6-10(22-14)5-8-4-9(15)2-3-11(8)16;/h2-4,6,12H,5,7,17H2,1H3,(H,18,19,20);1H. The lowest BCUT2D eigenvalue weighted by atomic mass is 10.1. The molecule has 0 radical (unpaired) electrons. The van der Waals surface area contributed by atoms with E-state index in [1.165, 1.54) is 18.4 Å². The second kappa shape index (κ2) is 9.42. The van der Waals surface area contributed by atoms with Crippen LogP contribution < -0.4 is 11.1 Å². The van der Waals surface area contributed by atoms with Gasteiger partial charge >= 0.3 is 0 Å². The summed E-state index contributed by atoms with van der Waals surface area (Å²) >= 11 is 13.5. The molecule has 2 aromatic rings. The van der Waals surface area contributed by atoms with Gasteiger partial charge in [0.05, 0.1) is 6.61 Å². The number of hydrogen-bond acceptors (Lipinski definition) is 5. The quantitative estimate of drug-likeness (QED) is 0.785. The van der Waals surface area contributed by atoms with Crippen LogP contribution in [0.2, 0.25) is 10.0 Å². The van der Waals surface area contributed by atoms with Crippen molar-refractivity contribution < 1.29 is 9.53 Å². The molecule has 9 heteroatoms. The summed E-state index contributed by atoms with van der Waals surface area (Å²) in [6.07, 6.45) is 2.29. The zero-order valence-electron chi connectivity index (χ0n) is 12.2. The van der Waals surface area contributed by atoms with Gasteiger partial charge in [0.2, 0.25) is 5.91 Å². The minimum Gasteiger partial charge on any atom is -0.383 e. The molecule has 1 aromatic heterocycles. The number of amides is 1. The fourth-order valence-electron chi connectivity index (χ4n) is 1.77. The van der Waals surface area contributed by atoms with Crippen LogP contribution in [-0.4, -0.2) is 30.6 Å². The predicted molar refractivity (Wildman–Crippen MR) is 97.1 cm³/mol. The SMILES string of the molecule is COCC(N)C(=O)Nc1ncc(Cc2cc(Cl)ccc2Cl)s1.Cl. The summed E-state index contributed by atoms with van der Waals surface area (Å²) in [6.45, 7) is 0.155. The van der Waals surface area contributed by atoms with E-state index in [0.717, 1.165) is 10.4 Å². The first-order valence-corrected chi connectivity index (χ1v) is 8.01. The zero-order chi connectivity index (χ0) is 16.1. The van der Waals surface area contributed by atoms with Gasteiger partial charge in [-0.2, -0.15) is 0 Å². The number of nitrogens with two attached hydrogens (primary N) is 1. The number of nitrogens with zero attached hydrogens (tertiary/aromatic N) is 1. The summed E-state index contributed by atoms with van der Waals surface area (Å²) in [6, 6.07) is 4.59. The van der Waals surface area contributed by atoms with Gasteiger partial charge in [-0.1, -0.05) is 23.2 Å². The fourth-order valence-corrected chi connectivity index (χ4v) is 2.98. The topological polar surface area (TPSA) is 77.2 Å². The first-order chi connectivity index (χ1) is 10.5. The first kappa shape index (κ1) is 20.2. The molecule has 0 bridgehead atoms. The van der Waals surface area contributed by atoms with Crippen LogP contribution in [0.1, 0.15) is 10.4 Å². The molecule has 2 rings (SSSR count). The van der Waals surface area contributed by atoms with Crippen molar-refractivity contribution in [1.82, 2.24) is 4.98 Å². The number of thiazole rings is 1. The number of rotatable bonds is 6. The zero-order valence-corrected chi connectivity index (χ0v) is 15.4. The van der Waals surface area contributed by atoms with Crippen molar-refractivity contribution in [3.63, 3.8) is 0 Å². The Kier molecular flexibility index (Phi) is 8.25. The van der Waals surface area contributed by atoms with Crippen LogP contribution >= 0.6 is 46.9 Å². The normalized spacial score (nSPS) is 11.7. The third-order valence-electron chi connectivity index (χ3n) is 2.84. The molecule has 5 nitrogen and oxygen atoms in total. The van der Waals surface area contributed by atoms with Crippen molar-refractivity contribution in [3.8, 4) is 0 Å². The van der Waals surface area contributed by atoms with E-state index in [2.05, 4.69) is 10.3 Å². The van der Waals surface area contributed by atoms with Crippen LogP contribution in [0.15, 0.2) is 24.4 Å². The summed E-state index contributed by atoms with van der Waals surface area (Å²) < 4.78 is 4.84. The Balaban J connectivity index is 0.00000264. The van der Waals surface area contributed by atoms with Crippen molar-refractivity contribution >= 4 is 58.0 Å². The molecule has 0 spiro atoms. The Labute approximate surface area is 154 Å². The monoisotopic (exact) mass is 395 g/mol. The number of nitrogens with one attached hydrogen (secondary N) is 1. The molecule has 1 unspecified atom stereocenters. The fraction of sp³-hybridized carbons (Fsp3) is 0.286. The number of methoxy groups -OCH3 is 1. The molecular formula is C14H16Cl3N3O2S. The van der Waals surface area contributed by atoms with Gasteiger partial charge in [-0.05, 0) is 23.8 Å². The number of aromatic nitrogens is 1. The van der Waals surface area contributed by atoms with Crippen molar-refractivity contribution in [2.75, 3.05) is 19.0 Å². The van der Waals surface area contributed by atoms with Crippen molar-refractivity contribution in [1.29, 1.82) is 0 Å². The van der Waals surface area contributed by atoms with Crippen LogP contribution in [0.3, 0.4) is 0 Å². The average molecular weight is 397 g/mol. The number of halogens is 3. The Hall–Kier alpha value is -0.890. The van der Waals surface area contributed by atoms with E-state index < -0.39 is 6.04 Å². The highest BCUT2D eigenvalue weighted by Crippen LogP contribution is 2.26. The van der Waals surface area contributed by atoms with Crippen molar-refractivity contribution in [3.05, 3.63) is 44.9 Å². The third kappa shape index (κ3) is 5.91. The van der Waals surface area contributed by atoms with Crippen molar-refractivity contribution in [2.45, 2.75) is 12.5 Å². The maximum absolute atomic E-state index is 11.8.